The number of ether oxygens (including phenoxy) is 1. The quantitative estimate of drug-likeness (QED) is 0.858. The zero-order valence-electron chi connectivity index (χ0n) is 11.4. The molecule has 0 radical (unpaired) electrons. The Hall–Kier alpha value is -0.420. The van der Waals surface area contributed by atoms with Crippen molar-refractivity contribution in [2.45, 2.75) is 38.5 Å². The van der Waals surface area contributed by atoms with Crippen molar-refractivity contribution in [3.63, 3.8) is 0 Å². The third-order valence-corrected chi connectivity index (χ3v) is 4.35. The summed E-state index contributed by atoms with van der Waals surface area (Å²) in [5.41, 5.74) is 0. The van der Waals surface area contributed by atoms with Crippen LogP contribution in [0.5, 0.6) is 0 Å². The maximum Gasteiger partial charge on any atom is 0.0702 e. The molecule has 18 heavy (non-hydrogen) atoms. The maximum absolute atomic E-state index is 5.78. The van der Waals surface area contributed by atoms with Crippen LogP contribution in [0.25, 0.3) is 0 Å². The van der Waals surface area contributed by atoms with Crippen molar-refractivity contribution in [2.75, 3.05) is 27.2 Å². The van der Waals surface area contributed by atoms with Crippen LogP contribution in [0, 0.1) is 0 Å². The summed E-state index contributed by atoms with van der Waals surface area (Å²) in [6, 6.07) is 4.47. The van der Waals surface area contributed by atoms with Crippen LogP contribution in [-0.4, -0.2) is 38.3 Å². The molecule has 1 aliphatic heterocycles. The second kappa shape index (κ2) is 7.24. The standard InChI is InChI=1S/C14H24N2OS/c1-15-9-13-6-7-14(18-13)11-16(2)10-12-5-3-4-8-17-12/h6-7,12,15H,3-5,8-11H2,1-2H3. The fourth-order valence-corrected chi connectivity index (χ4v) is 3.52. The van der Waals surface area contributed by atoms with E-state index in [9.17, 15) is 0 Å². The maximum atomic E-state index is 5.78. The van der Waals surface area contributed by atoms with Gasteiger partial charge in [0.1, 0.15) is 0 Å². The molecule has 0 amide bonds. The molecular formula is C14H24N2OS. The Morgan fingerprint density at radius 1 is 1.39 bits per heavy atom. The molecule has 1 aromatic heterocycles. The van der Waals surface area contributed by atoms with Crippen molar-refractivity contribution in [1.29, 1.82) is 0 Å². The number of hydrogen-bond acceptors (Lipinski definition) is 4. The van der Waals surface area contributed by atoms with Gasteiger partial charge in [-0.1, -0.05) is 0 Å². The summed E-state index contributed by atoms with van der Waals surface area (Å²) in [6.07, 6.45) is 4.22. The molecular weight excluding hydrogens is 244 g/mol. The van der Waals surface area contributed by atoms with Gasteiger partial charge in [0.25, 0.3) is 0 Å². The summed E-state index contributed by atoms with van der Waals surface area (Å²) < 4.78 is 5.78. The van der Waals surface area contributed by atoms with E-state index in [1.165, 1.54) is 29.0 Å². The van der Waals surface area contributed by atoms with E-state index in [4.69, 9.17) is 4.74 Å². The number of likely N-dealkylation sites (N-methyl/N-ethyl adjacent to an activating group) is 1. The van der Waals surface area contributed by atoms with E-state index in [1.807, 2.05) is 18.4 Å². The monoisotopic (exact) mass is 268 g/mol. The minimum atomic E-state index is 0.445. The van der Waals surface area contributed by atoms with Gasteiger partial charge in [0.15, 0.2) is 0 Å². The van der Waals surface area contributed by atoms with Gasteiger partial charge in [-0.25, -0.2) is 0 Å². The molecule has 1 N–H and O–H groups in total. The van der Waals surface area contributed by atoms with Gasteiger partial charge in [0.2, 0.25) is 0 Å². The van der Waals surface area contributed by atoms with E-state index in [0.29, 0.717) is 6.10 Å². The minimum absolute atomic E-state index is 0.445. The van der Waals surface area contributed by atoms with Gasteiger partial charge < -0.3 is 10.1 Å². The first-order chi connectivity index (χ1) is 8.78. The summed E-state index contributed by atoms with van der Waals surface area (Å²) in [6.45, 7) is 4.01. The first-order valence-corrected chi connectivity index (χ1v) is 7.62. The van der Waals surface area contributed by atoms with E-state index in [2.05, 4.69) is 29.4 Å². The predicted molar refractivity (Wildman–Crippen MR) is 77.0 cm³/mol. The fourth-order valence-electron chi connectivity index (χ4n) is 2.41. The molecule has 0 aromatic carbocycles. The average molecular weight is 268 g/mol. The summed E-state index contributed by atoms with van der Waals surface area (Å²) in [4.78, 5) is 5.23. The smallest absolute Gasteiger partial charge is 0.0702 e. The molecule has 1 unspecified atom stereocenters. The van der Waals surface area contributed by atoms with E-state index >= 15 is 0 Å². The van der Waals surface area contributed by atoms with Crippen molar-refractivity contribution in [3.05, 3.63) is 21.9 Å². The molecule has 0 aliphatic carbocycles. The molecule has 0 spiro atoms. The molecule has 1 aliphatic rings. The van der Waals surface area contributed by atoms with Crippen molar-refractivity contribution in [2.24, 2.45) is 0 Å². The van der Waals surface area contributed by atoms with Crippen molar-refractivity contribution >= 4 is 11.3 Å². The Bertz CT molecular complexity index is 347. The number of nitrogens with zero attached hydrogens (tertiary/aromatic N) is 1. The molecule has 1 aromatic rings. The molecule has 1 fully saturated rings. The van der Waals surface area contributed by atoms with Gasteiger partial charge in [-0.2, -0.15) is 0 Å². The van der Waals surface area contributed by atoms with Gasteiger partial charge >= 0.3 is 0 Å². The topological polar surface area (TPSA) is 24.5 Å². The van der Waals surface area contributed by atoms with Crippen LogP contribution >= 0.6 is 11.3 Å². The van der Waals surface area contributed by atoms with Crippen LogP contribution in [-0.2, 0) is 17.8 Å². The van der Waals surface area contributed by atoms with E-state index in [1.54, 1.807) is 0 Å². The van der Waals surface area contributed by atoms with Crippen LogP contribution in [0.1, 0.15) is 29.0 Å². The molecule has 3 nitrogen and oxygen atoms in total. The lowest BCUT2D eigenvalue weighted by Crippen LogP contribution is -2.32. The summed E-state index contributed by atoms with van der Waals surface area (Å²) in [7, 11) is 4.18. The second-order valence-corrected chi connectivity index (χ2v) is 6.34. The van der Waals surface area contributed by atoms with Crippen molar-refractivity contribution < 1.29 is 4.74 Å². The lowest BCUT2D eigenvalue weighted by molar-refractivity contribution is -0.00245. The Morgan fingerprint density at radius 3 is 2.94 bits per heavy atom. The molecule has 0 bridgehead atoms. The number of rotatable bonds is 6. The molecule has 1 saturated heterocycles. The van der Waals surface area contributed by atoms with E-state index in [0.717, 1.165) is 26.2 Å². The molecule has 102 valence electrons. The second-order valence-electron chi connectivity index (χ2n) is 5.08. The van der Waals surface area contributed by atoms with Crippen molar-refractivity contribution in [3.8, 4) is 0 Å². The van der Waals surface area contributed by atoms with Crippen LogP contribution in [0.15, 0.2) is 12.1 Å². The number of hydrogen-bond donors (Lipinski definition) is 1. The third kappa shape index (κ3) is 4.35. The molecule has 2 rings (SSSR count). The summed E-state index contributed by atoms with van der Waals surface area (Å²) in [5.74, 6) is 0. The zero-order valence-corrected chi connectivity index (χ0v) is 12.3. The van der Waals surface area contributed by atoms with Crippen LogP contribution in [0.2, 0.25) is 0 Å². The van der Waals surface area contributed by atoms with Crippen LogP contribution < -0.4 is 5.32 Å². The van der Waals surface area contributed by atoms with E-state index < -0.39 is 0 Å². The van der Waals surface area contributed by atoms with Gasteiger partial charge in [0.05, 0.1) is 6.10 Å². The van der Waals surface area contributed by atoms with Crippen LogP contribution in [0.3, 0.4) is 0 Å². The fraction of sp³-hybridized carbons (Fsp3) is 0.714. The SMILES string of the molecule is CNCc1ccc(CN(C)CC2CCCCO2)s1. The first-order valence-electron chi connectivity index (χ1n) is 6.80. The molecule has 0 saturated carbocycles. The van der Waals surface area contributed by atoms with Gasteiger partial charge in [-0.3, -0.25) is 4.90 Å². The minimum Gasteiger partial charge on any atom is -0.377 e. The van der Waals surface area contributed by atoms with E-state index in [-0.39, 0.29) is 0 Å². The highest BCUT2D eigenvalue weighted by atomic mass is 32.1. The van der Waals surface area contributed by atoms with Gasteiger partial charge in [-0.05, 0) is 45.5 Å². The Labute approximate surface area is 114 Å². The summed E-state index contributed by atoms with van der Waals surface area (Å²) >= 11 is 1.90. The highest BCUT2D eigenvalue weighted by Gasteiger charge is 2.16. The Kier molecular flexibility index (Phi) is 5.63. The number of thiophene rings is 1. The lowest BCUT2D eigenvalue weighted by Gasteiger charge is -2.27. The van der Waals surface area contributed by atoms with Crippen LogP contribution in [0.4, 0.5) is 0 Å². The first kappa shape index (κ1) is 14.0. The highest BCUT2D eigenvalue weighted by molar-refractivity contribution is 7.11. The predicted octanol–water partition coefficient (Wildman–Crippen LogP) is 2.47. The molecule has 1 atom stereocenters. The average Bonchev–Trinajstić information content (AvgIpc) is 2.78. The zero-order chi connectivity index (χ0) is 12.8. The third-order valence-electron chi connectivity index (χ3n) is 3.28. The largest absolute Gasteiger partial charge is 0.377 e. The molecule has 2 heterocycles. The van der Waals surface area contributed by atoms with Gasteiger partial charge in [0, 0.05) is 36.0 Å². The lowest BCUT2D eigenvalue weighted by atomic mass is 10.1. The number of nitrogens with one attached hydrogen (secondary N) is 1. The molecule has 4 heteroatoms. The Morgan fingerprint density at radius 2 is 2.22 bits per heavy atom. The summed E-state index contributed by atoms with van der Waals surface area (Å²) in [5, 5.41) is 3.19. The highest BCUT2D eigenvalue weighted by Crippen LogP contribution is 2.19. The normalized spacial score (nSPS) is 20.5. The van der Waals surface area contributed by atoms with Gasteiger partial charge in [-0.15, -0.1) is 11.3 Å². The van der Waals surface area contributed by atoms with Crippen molar-refractivity contribution in [1.82, 2.24) is 10.2 Å². The Balaban J connectivity index is 1.76.